The first-order valence-electron chi connectivity index (χ1n) is 9.49. The molecule has 0 radical (unpaired) electrons. The number of carbonyl (C=O) groups excluding carboxylic acids is 1. The van der Waals surface area contributed by atoms with Crippen LogP contribution in [0.3, 0.4) is 0 Å². The second kappa shape index (κ2) is 9.18. The van der Waals surface area contributed by atoms with Crippen molar-refractivity contribution in [3.05, 3.63) is 95.3 Å². The molecule has 4 heteroatoms. The molecule has 1 unspecified atom stereocenters. The van der Waals surface area contributed by atoms with E-state index in [1.54, 1.807) is 18.2 Å². The second-order valence-electron chi connectivity index (χ2n) is 6.73. The van der Waals surface area contributed by atoms with Crippen LogP contribution in [0.15, 0.2) is 72.8 Å². The first kappa shape index (κ1) is 19.6. The summed E-state index contributed by atoms with van der Waals surface area (Å²) in [6.45, 7) is 3.96. The van der Waals surface area contributed by atoms with Crippen LogP contribution in [0.4, 0.5) is 4.39 Å². The molecule has 1 atom stereocenters. The van der Waals surface area contributed by atoms with E-state index in [4.69, 9.17) is 4.74 Å². The number of carbonyl (C=O) groups is 1. The third kappa shape index (κ3) is 4.97. The molecule has 144 valence electrons. The van der Waals surface area contributed by atoms with Crippen molar-refractivity contribution in [2.75, 3.05) is 0 Å². The van der Waals surface area contributed by atoms with Gasteiger partial charge in [0, 0.05) is 5.56 Å². The lowest BCUT2D eigenvalue weighted by Crippen LogP contribution is -2.27. The maximum absolute atomic E-state index is 13.1. The molecule has 28 heavy (non-hydrogen) atoms. The lowest BCUT2D eigenvalue weighted by atomic mass is 10.0. The molecular formula is C24H24FNO2. The van der Waals surface area contributed by atoms with Crippen molar-refractivity contribution in [3.63, 3.8) is 0 Å². The summed E-state index contributed by atoms with van der Waals surface area (Å²) in [7, 11) is 0. The van der Waals surface area contributed by atoms with E-state index >= 15 is 0 Å². The molecule has 3 aromatic rings. The number of hydrogen-bond donors (Lipinski definition) is 1. The molecule has 0 spiro atoms. The van der Waals surface area contributed by atoms with Crippen molar-refractivity contribution in [1.29, 1.82) is 0 Å². The highest BCUT2D eigenvalue weighted by atomic mass is 19.1. The fraction of sp³-hybridized carbons (Fsp3) is 0.208. The van der Waals surface area contributed by atoms with Crippen LogP contribution in [0.25, 0.3) is 0 Å². The number of benzene rings is 3. The zero-order valence-corrected chi connectivity index (χ0v) is 16.1. The van der Waals surface area contributed by atoms with Gasteiger partial charge in [0.05, 0.1) is 6.04 Å². The van der Waals surface area contributed by atoms with E-state index in [1.165, 1.54) is 12.1 Å². The van der Waals surface area contributed by atoms with Crippen LogP contribution in [0.1, 0.15) is 47.8 Å². The van der Waals surface area contributed by atoms with Crippen LogP contribution in [0.5, 0.6) is 11.5 Å². The average Bonchev–Trinajstić information content (AvgIpc) is 2.70. The van der Waals surface area contributed by atoms with Crippen molar-refractivity contribution in [3.8, 4) is 11.5 Å². The minimum Gasteiger partial charge on any atom is -0.457 e. The Morgan fingerprint density at radius 3 is 2.39 bits per heavy atom. The monoisotopic (exact) mass is 377 g/mol. The smallest absolute Gasteiger partial charge is 0.252 e. The summed E-state index contributed by atoms with van der Waals surface area (Å²) in [4.78, 5) is 13.0. The molecule has 3 rings (SSSR count). The van der Waals surface area contributed by atoms with Gasteiger partial charge in [-0.2, -0.15) is 0 Å². The normalized spacial score (nSPS) is 11.7. The zero-order chi connectivity index (χ0) is 19.9. The predicted octanol–water partition coefficient (Wildman–Crippen LogP) is 6.06. The van der Waals surface area contributed by atoms with E-state index in [1.807, 2.05) is 49.4 Å². The van der Waals surface area contributed by atoms with Gasteiger partial charge < -0.3 is 10.1 Å². The van der Waals surface area contributed by atoms with Gasteiger partial charge in [-0.25, -0.2) is 4.39 Å². The number of para-hydroxylation sites is 1. The summed E-state index contributed by atoms with van der Waals surface area (Å²) in [6, 6.07) is 21.0. The van der Waals surface area contributed by atoms with E-state index in [2.05, 4.69) is 12.2 Å². The van der Waals surface area contributed by atoms with Gasteiger partial charge in [-0.1, -0.05) is 49.7 Å². The van der Waals surface area contributed by atoms with Gasteiger partial charge >= 0.3 is 0 Å². The molecule has 3 aromatic carbocycles. The Morgan fingerprint density at radius 1 is 1.00 bits per heavy atom. The van der Waals surface area contributed by atoms with Crippen molar-refractivity contribution in [2.45, 2.75) is 32.7 Å². The Balaban J connectivity index is 1.81. The lowest BCUT2D eigenvalue weighted by molar-refractivity contribution is 0.0938. The minimum absolute atomic E-state index is 0.168. The molecule has 0 saturated heterocycles. The SMILES string of the molecule is CCCc1ccc(Oc2ccccc2)cc1C(=O)NC(C)c1ccc(F)cc1. The first-order chi connectivity index (χ1) is 13.6. The average molecular weight is 377 g/mol. The molecular weight excluding hydrogens is 353 g/mol. The summed E-state index contributed by atoms with van der Waals surface area (Å²) in [6.07, 6.45) is 1.74. The highest BCUT2D eigenvalue weighted by molar-refractivity contribution is 5.96. The standard InChI is InChI=1S/C24H24FNO2/c1-3-7-19-12-15-22(28-21-8-5-4-6-9-21)16-23(19)24(27)26-17(2)18-10-13-20(25)14-11-18/h4-6,8-17H,3,7H2,1-2H3,(H,26,27). The van der Waals surface area contributed by atoms with Gasteiger partial charge in [0.2, 0.25) is 0 Å². The van der Waals surface area contributed by atoms with Gasteiger partial charge in [-0.3, -0.25) is 4.79 Å². The van der Waals surface area contributed by atoms with Crippen LogP contribution in [0, 0.1) is 5.82 Å². The third-order valence-corrected chi connectivity index (χ3v) is 4.54. The van der Waals surface area contributed by atoms with E-state index in [-0.39, 0.29) is 17.8 Å². The Labute approximate surface area is 165 Å². The fourth-order valence-corrected chi connectivity index (χ4v) is 3.05. The Bertz CT molecular complexity index is 923. The molecule has 0 heterocycles. The van der Waals surface area contributed by atoms with Gasteiger partial charge in [0.15, 0.2) is 0 Å². The summed E-state index contributed by atoms with van der Waals surface area (Å²) >= 11 is 0. The number of rotatable bonds is 7. The molecule has 0 fully saturated rings. The molecule has 0 aromatic heterocycles. The first-order valence-corrected chi connectivity index (χ1v) is 9.49. The van der Waals surface area contributed by atoms with Crippen LogP contribution in [0.2, 0.25) is 0 Å². The predicted molar refractivity (Wildman–Crippen MR) is 109 cm³/mol. The van der Waals surface area contributed by atoms with E-state index in [0.29, 0.717) is 11.3 Å². The van der Waals surface area contributed by atoms with Crippen molar-refractivity contribution < 1.29 is 13.9 Å². The number of halogens is 1. The maximum Gasteiger partial charge on any atom is 0.252 e. The Morgan fingerprint density at radius 2 is 1.71 bits per heavy atom. The molecule has 0 aliphatic carbocycles. The molecule has 0 aliphatic rings. The summed E-state index contributed by atoms with van der Waals surface area (Å²) in [5, 5.41) is 3.00. The van der Waals surface area contributed by atoms with Gasteiger partial charge in [0.1, 0.15) is 17.3 Å². The van der Waals surface area contributed by atoms with Gasteiger partial charge in [0.25, 0.3) is 5.91 Å². The van der Waals surface area contributed by atoms with Gasteiger partial charge in [-0.05, 0) is 60.9 Å². The van der Waals surface area contributed by atoms with E-state index in [0.717, 1.165) is 29.7 Å². The fourth-order valence-electron chi connectivity index (χ4n) is 3.05. The molecule has 1 N–H and O–H groups in total. The second-order valence-corrected chi connectivity index (χ2v) is 6.73. The van der Waals surface area contributed by atoms with Gasteiger partial charge in [-0.15, -0.1) is 0 Å². The molecule has 0 aliphatic heterocycles. The highest BCUT2D eigenvalue weighted by Gasteiger charge is 2.16. The van der Waals surface area contributed by atoms with E-state index < -0.39 is 0 Å². The largest absolute Gasteiger partial charge is 0.457 e. The summed E-state index contributed by atoms with van der Waals surface area (Å²) in [5.41, 5.74) is 2.43. The van der Waals surface area contributed by atoms with E-state index in [9.17, 15) is 9.18 Å². The molecule has 3 nitrogen and oxygen atoms in total. The van der Waals surface area contributed by atoms with Crippen LogP contribution in [-0.2, 0) is 6.42 Å². The van der Waals surface area contributed by atoms with Crippen molar-refractivity contribution >= 4 is 5.91 Å². The van der Waals surface area contributed by atoms with Crippen molar-refractivity contribution in [2.24, 2.45) is 0 Å². The highest BCUT2D eigenvalue weighted by Crippen LogP contribution is 2.25. The van der Waals surface area contributed by atoms with Crippen LogP contribution in [-0.4, -0.2) is 5.91 Å². The molecule has 0 bridgehead atoms. The van der Waals surface area contributed by atoms with Crippen LogP contribution < -0.4 is 10.1 Å². The summed E-state index contributed by atoms with van der Waals surface area (Å²) < 4.78 is 19.0. The quantitative estimate of drug-likeness (QED) is 0.543. The Hall–Kier alpha value is -3.14. The zero-order valence-electron chi connectivity index (χ0n) is 16.1. The summed E-state index contributed by atoms with van der Waals surface area (Å²) in [5.74, 6) is 0.875. The number of hydrogen-bond acceptors (Lipinski definition) is 2. The minimum atomic E-state index is -0.293. The van der Waals surface area contributed by atoms with Crippen LogP contribution >= 0.6 is 0 Å². The number of nitrogens with one attached hydrogen (secondary N) is 1. The number of ether oxygens (including phenoxy) is 1. The lowest BCUT2D eigenvalue weighted by Gasteiger charge is -2.17. The Kier molecular flexibility index (Phi) is 6.43. The topological polar surface area (TPSA) is 38.3 Å². The number of aryl methyl sites for hydroxylation is 1. The molecule has 1 amide bonds. The molecule has 0 saturated carbocycles. The number of amides is 1. The third-order valence-electron chi connectivity index (χ3n) is 4.54. The van der Waals surface area contributed by atoms with Crippen molar-refractivity contribution in [1.82, 2.24) is 5.32 Å². The maximum atomic E-state index is 13.1.